The molecule has 0 radical (unpaired) electrons. The quantitative estimate of drug-likeness (QED) is 0.748. The van der Waals surface area contributed by atoms with Gasteiger partial charge in [0.2, 0.25) is 0 Å². The molecule has 0 atom stereocenters. The molecule has 0 aliphatic rings. The molecule has 0 spiro atoms. The second-order valence-corrected chi connectivity index (χ2v) is 3.35. The summed E-state index contributed by atoms with van der Waals surface area (Å²) < 4.78 is 2.00. The Balaban J connectivity index is 2.92. The topological polar surface area (TPSA) is 43.8 Å². The van der Waals surface area contributed by atoms with Crippen LogP contribution in [0.4, 0.5) is 5.82 Å². The Morgan fingerprint density at radius 1 is 1.58 bits per heavy atom. The van der Waals surface area contributed by atoms with Gasteiger partial charge in [0.15, 0.2) is 0 Å². The van der Waals surface area contributed by atoms with E-state index in [1.807, 2.05) is 10.7 Å². The van der Waals surface area contributed by atoms with Crippen molar-refractivity contribution in [2.45, 2.75) is 39.7 Å². The average molecular weight is 167 g/mol. The van der Waals surface area contributed by atoms with E-state index in [9.17, 15) is 0 Å². The molecule has 0 aliphatic carbocycles. The normalized spacial score (nSPS) is 11.0. The molecule has 0 fully saturated rings. The number of hydrogen-bond acceptors (Lipinski definition) is 2. The van der Waals surface area contributed by atoms with Crippen LogP contribution in [0.5, 0.6) is 0 Å². The fourth-order valence-electron chi connectivity index (χ4n) is 1.34. The van der Waals surface area contributed by atoms with E-state index < -0.39 is 0 Å². The van der Waals surface area contributed by atoms with Gasteiger partial charge in [-0.25, -0.2) is 0 Å². The Morgan fingerprint density at radius 2 is 2.25 bits per heavy atom. The first-order chi connectivity index (χ1) is 5.65. The molecule has 0 bridgehead atoms. The highest BCUT2D eigenvalue weighted by Crippen LogP contribution is 2.13. The Kier molecular flexibility index (Phi) is 2.74. The summed E-state index contributed by atoms with van der Waals surface area (Å²) in [7, 11) is 0. The predicted molar refractivity (Wildman–Crippen MR) is 51.0 cm³/mol. The van der Waals surface area contributed by atoms with Crippen LogP contribution >= 0.6 is 0 Å². The molecule has 1 aromatic rings. The van der Waals surface area contributed by atoms with Crippen LogP contribution in [0.1, 0.15) is 38.9 Å². The maximum atomic E-state index is 5.62. The molecule has 3 nitrogen and oxygen atoms in total. The van der Waals surface area contributed by atoms with Crippen LogP contribution in [0.25, 0.3) is 0 Å². The van der Waals surface area contributed by atoms with Gasteiger partial charge in [0.05, 0.1) is 0 Å². The first-order valence-corrected chi connectivity index (χ1v) is 4.49. The minimum Gasteiger partial charge on any atom is -0.382 e. The molecular weight excluding hydrogens is 150 g/mol. The molecule has 2 N–H and O–H groups in total. The summed E-state index contributed by atoms with van der Waals surface area (Å²) in [5.41, 5.74) is 6.86. The Morgan fingerprint density at radius 3 is 2.75 bits per heavy atom. The molecule has 3 heteroatoms. The van der Waals surface area contributed by atoms with Crippen molar-refractivity contribution >= 4 is 5.82 Å². The van der Waals surface area contributed by atoms with Gasteiger partial charge in [0.1, 0.15) is 5.82 Å². The molecule has 1 rings (SSSR count). The van der Waals surface area contributed by atoms with Gasteiger partial charge < -0.3 is 5.73 Å². The Labute approximate surface area is 73.6 Å². The minimum atomic E-state index is 0.406. The fraction of sp³-hybridized carbons (Fsp3) is 0.667. The van der Waals surface area contributed by atoms with E-state index in [0.717, 1.165) is 12.8 Å². The highest BCUT2D eigenvalue weighted by Gasteiger charge is 2.06. The van der Waals surface area contributed by atoms with Crippen LogP contribution < -0.4 is 5.73 Å². The highest BCUT2D eigenvalue weighted by molar-refractivity contribution is 5.29. The molecule has 0 aliphatic heterocycles. The number of nitrogens with two attached hydrogens (primary N) is 1. The molecule has 0 saturated carbocycles. The zero-order valence-corrected chi connectivity index (χ0v) is 8.04. The van der Waals surface area contributed by atoms with Gasteiger partial charge in [-0.15, -0.1) is 0 Å². The van der Waals surface area contributed by atoms with Gasteiger partial charge in [-0.2, -0.15) is 5.10 Å². The third-order valence-electron chi connectivity index (χ3n) is 1.83. The van der Waals surface area contributed by atoms with Crippen LogP contribution in [0.3, 0.4) is 0 Å². The number of aromatic nitrogens is 2. The van der Waals surface area contributed by atoms with Gasteiger partial charge in [-0.1, -0.05) is 13.3 Å². The first-order valence-electron chi connectivity index (χ1n) is 4.49. The maximum Gasteiger partial charge on any atom is 0.145 e. The van der Waals surface area contributed by atoms with Gasteiger partial charge in [-0.05, 0) is 20.3 Å². The molecule has 1 aromatic heterocycles. The number of rotatable bonds is 3. The lowest BCUT2D eigenvalue weighted by molar-refractivity contribution is 0.509. The standard InChI is InChI=1S/C9H17N3/c1-4-5-8-6-9(10)11-12(8)7(2)3/h6-7H,4-5H2,1-3H3,(H2,10,11). The monoisotopic (exact) mass is 167 g/mol. The van der Waals surface area contributed by atoms with Crippen LogP contribution in [0.15, 0.2) is 6.07 Å². The third kappa shape index (κ3) is 1.78. The summed E-state index contributed by atoms with van der Waals surface area (Å²) in [6.07, 6.45) is 2.19. The molecule has 0 aromatic carbocycles. The van der Waals surface area contributed by atoms with Crippen molar-refractivity contribution in [3.63, 3.8) is 0 Å². The zero-order valence-electron chi connectivity index (χ0n) is 8.04. The second kappa shape index (κ2) is 3.61. The summed E-state index contributed by atoms with van der Waals surface area (Å²) >= 11 is 0. The van der Waals surface area contributed by atoms with Gasteiger partial charge in [-0.3, -0.25) is 4.68 Å². The van der Waals surface area contributed by atoms with Crippen molar-refractivity contribution in [3.8, 4) is 0 Å². The Hall–Kier alpha value is -0.990. The number of anilines is 1. The number of aryl methyl sites for hydroxylation is 1. The molecule has 0 saturated heterocycles. The SMILES string of the molecule is CCCc1cc(N)nn1C(C)C. The second-order valence-electron chi connectivity index (χ2n) is 3.35. The van der Waals surface area contributed by atoms with Crippen LogP contribution in [0.2, 0.25) is 0 Å². The van der Waals surface area contributed by atoms with Crippen molar-refractivity contribution in [2.75, 3.05) is 5.73 Å². The van der Waals surface area contributed by atoms with Crippen molar-refractivity contribution < 1.29 is 0 Å². The van der Waals surface area contributed by atoms with Crippen LogP contribution in [-0.2, 0) is 6.42 Å². The molecule has 0 unspecified atom stereocenters. The molecule has 0 amide bonds. The van der Waals surface area contributed by atoms with E-state index >= 15 is 0 Å². The van der Waals surface area contributed by atoms with E-state index in [2.05, 4.69) is 25.9 Å². The Bertz CT molecular complexity index is 250. The van der Waals surface area contributed by atoms with Crippen molar-refractivity contribution in [2.24, 2.45) is 0 Å². The lowest BCUT2D eigenvalue weighted by atomic mass is 10.2. The number of nitrogen functional groups attached to an aromatic ring is 1. The summed E-state index contributed by atoms with van der Waals surface area (Å²) in [6.45, 7) is 6.39. The summed E-state index contributed by atoms with van der Waals surface area (Å²) in [5, 5.41) is 4.22. The van der Waals surface area contributed by atoms with Gasteiger partial charge in [0.25, 0.3) is 0 Å². The third-order valence-corrected chi connectivity index (χ3v) is 1.83. The lowest BCUT2D eigenvalue weighted by Crippen LogP contribution is -2.07. The lowest BCUT2D eigenvalue weighted by Gasteiger charge is -2.09. The van der Waals surface area contributed by atoms with Gasteiger partial charge in [0, 0.05) is 17.8 Å². The summed E-state index contributed by atoms with van der Waals surface area (Å²) in [4.78, 5) is 0. The maximum absolute atomic E-state index is 5.62. The van der Waals surface area contributed by atoms with E-state index in [4.69, 9.17) is 5.73 Å². The van der Waals surface area contributed by atoms with Crippen molar-refractivity contribution in [3.05, 3.63) is 11.8 Å². The summed E-state index contributed by atoms with van der Waals surface area (Å²) in [5.74, 6) is 0.632. The highest BCUT2D eigenvalue weighted by atomic mass is 15.3. The van der Waals surface area contributed by atoms with E-state index in [0.29, 0.717) is 11.9 Å². The van der Waals surface area contributed by atoms with E-state index in [1.165, 1.54) is 5.69 Å². The van der Waals surface area contributed by atoms with Crippen molar-refractivity contribution in [1.29, 1.82) is 0 Å². The fourth-order valence-corrected chi connectivity index (χ4v) is 1.34. The number of nitrogens with zero attached hydrogens (tertiary/aromatic N) is 2. The average Bonchev–Trinajstić information content (AvgIpc) is 2.32. The van der Waals surface area contributed by atoms with E-state index in [-0.39, 0.29) is 0 Å². The van der Waals surface area contributed by atoms with E-state index in [1.54, 1.807) is 0 Å². The molecule has 68 valence electrons. The molecule has 1 heterocycles. The number of hydrogen-bond donors (Lipinski definition) is 1. The zero-order chi connectivity index (χ0) is 9.14. The minimum absolute atomic E-state index is 0.406. The van der Waals surface area contributed by atoms with Gasteiger partial charge >= 0.3 is 0 Å². The summed E-state index contributed by atoms with van der Waals surface area (Å²) in [6, 6.07) is 2.37. The largest absolute Gasteiger partial charge is 0.382 e. The van der Waals surface area contributed by atoms with Crippen molar-refractivity contribution in [1.82, 2.24) is 9.78 Å². The smallest absolute Gasteiger partial charge is 0.145 e. The predicted octanol–water partition coefficient (Wildman–Crippen LogP) is 2.00. The first kappa shape index (κ1) is 9.10. The molecule has 12 heavy (non-hydrogen) atoms. The van der Waals surface area contributed by atoms with Crippen LogP contribution in [0, 0.1) is 0 Å². The molecular formula is C9H17N3. The van der Waals surface area contributed by atoms with Crippen LogP contribution in [-0.4, -0.2) is 9.78 Å².